The maximum Gasteiger partial charge on any atom is 0.231 e. The normalized spacial score (nSPS) is 17.0. The van der Waals surface area contributed by atoms with E-state index in [1.54, 1.807) is 0 Å². The Morgan fingerprint density at radius 1 is 1.19 bits per heavy atom. The molecule has 6 heteroatoms. The second kappa shape index (κ2) is 8.45. The molecule has 1 saturated heterocycles. The van der Waals surface area contributed by atoms with Crippen molar-refractivity contribution in [3.05, 3.63) is 47.2 Å². The summed E-state index contributed by atoms with van der Waals surface area (Å²) in [5.74, 6) is 1.53. The fourth-order valence-electron chi connectivity index (χ4n) is 3.23. The van der Waals surface area contributed by atoms with Crippen molar-refractivity contribution in [2.45, 2.75) is 52.6 Å². The molecule has 2 heterocycles. The van der Waals surface area contributed by atoms with E-state index in [-0.39, 0.29) is 0 Å². The van der Waals surface area contributed by atoms with Crippen LogP contribution in [0.3, 0.4) is 0 Å². The average molecular weight is 370 g/mol. The number of rotatable bonds is 4. The van der Waals surface area contributed by atoms with Gasteiger partial charge in [-0.05, 0) is 57.8 Å². The Bertz CT molecular complexity index is 759. The molecule has 1 aromatic heterocycles. The SMILES string of the molecule is Cc1ccc(CNC(=S)Nc2nc(C)cc(N3CCCC[C@H]3C)n2)cc1. The number of nitrogens with one attached hydrogen (secondary N) is 2. The highest BCUT2D eigenvalue weighted by molar-refractivity contribution is 7.80. The highest BCUT2D eigenvalue weighted by atomic mass is 32.1. The second-order valence-electron chi connectivity index (χ2n) is 7.02. The van der Waals surface area contributed by atoms with Gasteiger partial charge in [-0.15, -0.1) is 0 Å². The molecule has 0 radical (unpaired) electrons. The number of nitrogens with zero attached hydrogens (tertiary/aromatic N) is 3. The summed E-state index contributed by atoms with van der Waals surface area (Å²) in [5, 5.41) is 6.89. The van der Waals surface area contributed by atoms with Gasteiger partial charge >= 0.3 is 0 Å². The van der Waals surface area contributed by atoms with Crippen LogP contribution in [0.4, 0.5) is 11.8 Å². The quantitative estimate of drug-likeness (QED) is 0.796. The van der Waals surface area contributed by atoms with Gasteiger partial charge in [0.1, 0.15) is 5.82 Å². The van der Waals surface area contributed by atoms with Gasteiger partial charge in [-0.25, -0.2) is 4.98 Å². The summed E-state index contributed by atoms with van der Waals surface area (Å²) in [5.41, 5.74) is 3.38. The van der Waals surface area contributed by atoms with Gasteiger partial charge in [0, 0.05) is 30.9 Å². The molecule has 0 bridgehead atoms. The third kappa shape index (κ3) is 4.91. The zero-order chi connectivity index (χ0) is 18.5. The first kappa shape index (κ1) is 18.6. The first-order valence-corrected chi connectivity index (χ1v) is 9.65. The van der Waals surface area contributed by atoms with Crippen molar-refractivity contribution in [1.82, 2.24) is 15.3 Å². The molecular formula is C20H27N5S. The lowest BCUT2D eigenvalue weighted by molar-refractivity contribution is 0.481. The molecule has 1 aromatic carbocycles. The monoisotopic (exact) mass is 369 g/mol. The van der Waals surface area contributed by atoms with Crippen molar-refractivity contribution < 1.29 is 0 Å². The summed E-state index contributed by atoms with van der Waals surface area (Å²) < 4.78 is 0. The summed E-state index contributed by atoms with van der Waals surface area (Å²) in [7, 11) is 0. The minimum absolute atomic E-state index is 0.512. The first-order valence-electron chi connectivity index (χ1n) is 9.24. The molecule has 0 unspecified atom stereocenters. The number of hydrogen-bond donors (Lipinski definition) is 2. The number of benzene rings is 1. The predicted octanol–water partition coefficient (Wildman–Crippen LogP) is 3.96. The maximum atomic E-state index is 5.41. The van der Waals surface area contributed by atoms with E-state index in [9.17, 15) is 0 Å². The molecule has 0 amide bonds. The number of hydrogen-bond acceptors (Lipinski definition) is 4. The minimum atomic E-state index is 0.512. The molecule has 138 valence electrons. The molecule has 1 aliphatic rings. The van der Waals surface area contributed by atoms with Gasteiger partial charge in [-0.3, -0.25) is 0 Å². The first-order chi connectivity index (χ1) is 12.5. The summed E-state index contributed by atoms with van der Waals surface area (Å²) in [6.45, 7) is 8.06. The second-order valence-corrected chi connectivity index (χ2v) is 7.43. The third-order valence-electron chi connectivity index (χ3n) is 4.74. The summed E-state index contributed by atoms with van der Waals surface area (Å²) >= 11 is 5.41. The predicted molar refractivity (Wildman–Crippen MR) is 112 cm³/mol. The van der Waals surface area contributed by atoms with E-state index in [1.807, 2.05) is 6.92 Å². The number of aromatic nitrogens is 2. The molecule has 0 spiro atoms. The average Bonchev–Trinajstić information content (AvgIpc) is 2.61. The van der Waals surface area contributed by atoms with Crippen molar-refractivity contribution in [2.24, 2.45) is 0 Å². The topological polar surface area (TPSA) is 53.1 Å². The van der Waals surface area contributed by atoms with E-state index >= 15 is 0 Å². The van der Waals surface area contributed by atoms with Gasteiger partial charge in [-0.2, -0.15) is 4.98 Å². The van der Waals surface area contributed by atoms with Crippen LogP contribution in [0.2, 0.25) is 0 Å². The van der Waals surface area contributed by atoms with Crippen LogP contribution in [-0.4, -0.2) is 27.7 Å². The number of anilines is 2. The molecule has 1 atom stereocenters. The molecule has 0 saturated carbocycles. The lowest BCUT2D eigenvalue weighted by atomic mass is 10.0. The van der Waals surface area contributed by atoms with Crippen molar-refractivity contribution >= 4 is 29.1 Å². The Balaban J connectivity index is 1.63. The standard InChI is InChI=1S/C20H27N5S/c1-14-7-9-17(10-8-14)13-21-20(26)24-19-22-15(2)12-18(23-19)25-11-5-4-6-16(25)3/h7-10,12,16H,4-6,11,13H2,1-3H3,(H2,21,22,23,24,26)/t16-/m1/s1. The lowest BCUT2D eigenvalue weighted by Crippen LogP contribution is -2.38. The number of piperidine rings is 1. The van der Waals surface area contributed by atoms with Gasteiger partial charge in [0.15, 0.2) is 5.11 Å². The van der Waals surface area contributed by atoms with E-state index in [4.69, 9.17) is 17.2 Å². The number of aryl methyl sites for hydroxylation is 2. The van der Waals surface area contributed by atoms with E-state index < -0.39 is 0 Å². The molecule has 0 aliphatic carbocycles. The van der Waals surface area contributed by atoms with Gasteiger partial charge < -0.3 is 15.5 Å². The Labute approximate surface area is 161 Å². The van der Waals surface area contributed by atoms with Crippen LogP contribution < -0.4 is 15.5 Å². The molecule has 1 fully saturated rings. The van der Waals surface area contributed by atoms with E-state index in [0.717, 1.165) is 18.1 Å². The summed E-state index contributed by atoms with van der Waals surface area (Å²) in [6.07, 6.45) is 3.72. The van der Waals surface area contributed by atoms with Crippen LogP contribution in [0.15, 0.2) is 30.3 Å². The molecule has 5 nitrogen and oxygen atoms in total. The van der Waals surface area contributed by atoms with E-state index in [0.29, 0.717) is 23.6 Å². The van der Waals surface area contributed by atoms with Crippen molar-refractivity contribution in [3.8, 4) is 0 Å². The van der Waals surface area contributed by atoms with Crippen LogP contribution in [0, 0.1) is 13.8 Å². The molecular weight excluding hydrogens is 342 g/mol. The minimum Gasteiger partial charge on any atom is -0.358 e. The van der Waals surface area contributed by atoms with Crippen molar-refractivity contribution in [2.75, 3.05) is 16.8 Å². The summed E-state index contributed by atoms with van der Waals surface area (Å²) in [6, 6.07) is 11.0. The van der Waals surface area contributed by atoms with Crippen molar-refractivity contribution in [1.29, 1.82) is 0 Å². The van der Waals surface area contributed by atoms with Crippen LogP contribution >= 0.6 is 12.2 Å². The molecule has 2 aromatic rings. The summed E-state index contributed by atoms with van der Waals surface area (Å²) in [4.78, 5) is 11.5. The van der Waals surface area contributed by atoms with E-state index in [1.165, 1.54) is 30.4 Å². The van der Waals surface area contributed by atoms with Crippen LogP contribution in [0.1, 0.15) is 43.0 Å². The zero-order valence-electron chi connectivity index (χ0n) is 15.7. The molecule has 2 N–H and O–H groups in total. The van der Waals surface area contributed by atoms with Gasteiger partial charge in [-0.1, -0.05) is 29.8 Å². The smallest absolute Gasteiger partial charge is 0.231 e. The van der Waals surface area contributed by atoms with Gasteiger partial charge in [0.2, 0.25) is 5.95 Å². The fraction of sp³-hybridized carbons (Fsp3) is 0.450. The lowest BCUT2D eigenvalue weighted by Gasteiger charge is -2.34. The maximum absolute atomic E-state index is 5.41. The fourth-order valence-corrected chi connectivity index (χ4v) is 3.39. The van der Waals surface area contributed by atoms with Crippen molar-refractivity contribution in [3.63, 3.8) is 0 Å². The Morgan fingerprint density at radius 2 is 1.96 bits per heavy atom. The Morgan fingerprint density at radius 3 is 2.69 bits per heavy atom. The van der Waals surface area contributed by atoms with Crippen LogP contribution in [-0.2, 0) is 6.54 Å². The van der Waals surface area contributed by atoms with Crippen LogP contribution in [0.5, 0.6) is 0 Å². The van der Waals surface area contributed by atoms with E-state index in [2.05, 4.69) is 64.7 Å². The largest absolute Gasteiger partial charge is 0.358 e. The molecule has 1 aliphatic heterocycles. The van der Waals surface area contributed by atoms with Gasteiger partial charge in [0.05, 0.1) is 0 Å². The molecule has 26 heavy (non-hydrogen) atoms. The van der Waals surface area contributed by atoms with Gasteiger partial charge in [0.25, 0.3) is 0 Å². The third-order valence-corrected chi connectivity index (χ3v) is 4.98. The molecule has 3 rings (SSSR count). The van der Waals surface area contributed by atoms with Crippen LogP contribution in [0.25, 0.3) is 0 Å². The Hall–Kier alpha value is -2.21. The zero-order valence-corrected chi connectivity index (χ0v) is 16.6. The number of thiocarbonyl (C=S) groups is 1. The highest BCUT2D eigenvalue weighted by Crippen LogP contribution is 2.24. The Kier molecular flexibility index (Phi) is 6.04. The highest BCUT2D eigenvalue weighted by Gasteiger charge is 2.20.